The molecule has 3 heterocycles. The number of likely N-dealkylation sites (N-methyl/N-ethyl adjacent to an activating group) is 1. The van der Waals surface area contributed by atoms with E-state index >= 15 is 0 Å². The molecule has 6 heteroatoms. The van der Waals surface area contributed by atoms with Gasteiger partial charge in [0, 0.05) is 55.2 Å². The Bertz CT molecular complexity index is 846. The first-order valence-corrected chi connectivity index (χ1v) is 8.28. The Labute approximate surface area is 145 Å². The van der Waals surface area contributed by atoms with E-state index in [4.69, 9.17) is 11.6 Å². The fourth-order valence-corrected chi connectivity index (χ4v) is 3.31. The van der Waals surface area contributed by atoms with E-state index < -0.39 is 0 Å². The lowest BCUT2D eigenvalue weighted by molar-refractivity contribution is 0.735. The summed E-state index contributed by atoms with van der Waals surface area (Å²) in [5, 5.41) is 8.10. The number of nitrogens with zero attached hydrogens (tertiary/aromatic N) is 4. The molecule has 1 aliphatic rings. The van der Waals surface area contributed by atoms with Crippen LogP contribution in [0.4, 0.5) is 11.4 Å². The van der Waals surface area contributed by atoms with Gasteiger partial charge in [-0.1, -0.05) is 11.6 Å². The van der Waals surface area contributed by atoms with Gasteiger partial charge in [-0.3, -0.25) is 10.1 Å². The number of aromatic amines is 1. The van der Waals surface area contributed by atoms with Crippen LogP contribution in [0.25, 0.3) is 11.3 Å². The maximum Gasteiger partial charge on any atom is 0.0715 e. The Hall–Kier alpha value is -2.53. The summed E-state index contributed by atoms with van der Waals surface area (Å²) in [5.41, 5.74) is 5.58. The van der Waals surface area contributed by atoms with E-state index in [0.717, 1.165) is 47.2 Å². The minimum absolute atomic E-state index is 0.758. The third kappa shape index (κ3) is 2.71. The number of benzene rings is 1. The Morgan fingerprint density at radius 1 is 1.17 bits per heavy atom. The molecule has 1 N–H and O–H groups in total. The van der Waals surface area contributed by atoms with E-state index in [-0.39, 0.29) is 0 Å². The number of halogens is 1. The van der Waals surface area contributed by atoms with Crippen LogP contribution in [-0.4, -0.2) is 35.3 Å². The molecule has 0 fully saturated rings. The molecule has 1 aromatic carbocycles. The summed E-state index contributed by atoms with van der Waals surface area (Å²) in [6.45, 7) is 2.71. The molecule has 122 valence electrons. The zero-order valence-electron chi connectivity index (χ0n) is 13.4. The van der Waals surface area contributed by atoms with E-state index in [2.05, 4.69) is 38.1 Å². The van der Waals surface area contributed by atoms with Crippen molar-refractivity contribution >= 4 is 23.0 Å². The molecule has 0 bridgehead atoms. The molecule has 0 spiro atoms. The Balaban J connectivity index is 1.67. The predicted molar refractivity (Wildman–Crippen MR) is 97.6 cm³/mol. The summed E-state index contributed by atoms with van der Waals surface area (Å²) in [6, 6.07) is 10.0. The maximum absolute atomic E-state index is 6.23. The fraction of sp³-hybridized carbons (Fsp3) is 0.222. The summed E-state index contributed by atoms with van der Waals surface area (Å²) < 4.78 is 0. The minimum atomic E-state index is 0.758. The molecule has 2 aromatic heterocycles. The molecule has 0 saturated carbocycles. The van der Waals surface area contributed by atoms with Crippen molar-refractivity contribution in [2.24, 2.45) is 0 Å². The lowest BCUT2D eigenvalue weighted by atomic mass is 10.1. The number of hydrogen-bond donors (Lipinski definition) is 1. The quantitative estimate of drug-likeness (QED) is 0.792. The van der Waals surface area contributed by atoms with Gasteiger partial charge in [-0.15, -0.1) is 0 Å². The third-order valence-corrected chi connectivity index (χ3v) is 4.66. The second-order valence-electron chi connectivity index (χ2n) is 5.99. The van der Waals surface area contributed by atoms with Crippen molar-refractivity contribution in [3.05, 3.63) is 59.5 Å². The number of hydrogen-bond acceptors (Lipinski definition) is 4. The highest BCUT2D eigenvalue weighted by Crippen LogP contribution is 2.36. The van der Waals surface area contributed by atoms with Crippen molar-refractivity contribution < 1.29 is 0 Å². The first-order valence-electron chi connectivity index (χ1n) is 7.90. The molecule has 0 saturated heterocycles. The predicted octanol–water partition coefficient (Wildman–Crippen LogP) is 3.58. The number of fused-ring (bicyclic) bond motifs is 1. The summed E-state index contributed by atoms with van der Waals surface area (Å²) >= 11 is 6.23. The molecular weight excluding hydrogens is 322 g/mol. The molecule has 5 nitrogen and oxygen atoms in total. The van der Waals surface area contributed by atoms with Gasteiger partial charge in [0.1, 0.15) is 0 Å². The molecule has 0 amide bonds. The molecular formula is C18H18ClN5. The number of anilines is 2. The number of aromatic nitrogens is 3. The van der Waals surface area contributed by atoms with Gasteiger partial charge in [-0.2, -0.15) is 5.10 Å². The molecule has 1 aliphatic heterocycles. The molecule has 0 unspecified atom stereocenters. The van der Waals surface area contributed by atoms with E-state index in [1.54, 1.807) is 6.20 Å². The van der Waals surface area contributed by atoms with Gasteiger partial charge in [0.2, 0.25) is 0 Å². The number of nitrogens with one attached hydrogen (secondary N) is 1. The first-order chi connectivity index (χ1) is 11.7. The van der Waals surface area contributed by atoms with Gasteiger partial charge < -0.3 is 9.80 Å². The average Bonchev–Trinajstić information content (AvgIpc) is 3.06. The topological polar surface area (TPSA) is 48.0 Å². The van der Waals surface area contributed by atoms with E-state index in [1.807, 2.05) is 36.7 Å². The molecule has 0 atom stereocenters. The normalized spacial score (nSPS) is 13.9. The molecule has 24 heavy (non-hydrogen) atoms. The minimum Gasteiger partial charge on any atom is -0.371 e. The van der Waals surface area contributed by atoms with Gasteiger partial charge in [-0.25, -0.2) is 0 Å². The van der Waals surface area contributed by atoms with Crippen LogP contribution in [0.15, 0.2) is 48.9 Å². The van der Waals surface area contributed by atoms with Crippen molar-refractivity contribution in [3.63, 3.8) is 0 Å². The van der Waals surface area contributed by atoms with Gasteiger partial charge in [0.25, 0.3) is 0 Å². The third-order valence-electron chi connectivity index (χ3n) is 4.42. The zero-order chi connectivity index (χ0) is 16.5. The largest absolute Gasteiger partial charge is 0.371 e. The van der Waals surface area contributed by atoms with Crippen LogP contribution in [0.5, 0.6) is 0 Å². The average molecular weight is 340 g/mol. The standard InChI is InChI=1S/C18H18ClN5/c1-23-7-8-24(17-9-15(19)4-5-16(17)23)12-14-11-21-22-18(14)13-3-2-6-20-10-13/h2-6,9-11H,7-8,12H2,1H3,(H,21,22). The first kappa shape index (κ1) is 15.0. The highest BCUT2D eigenvalue weighted by atomic mass is 35.5. The van der Waals surface area contributed by atoms with Gasteiger partial charge in [-0.05, 0) is 30.3 Å². The SMILES string of the molecule is CN1CCN(Cc2cn[nH]c2-c2cccnc2)c2cc(Cl)ccc21. The Morgan fingerprint density at radius 3 is 2.92 bits per heavy atom. The number of pyridine rings is 1. The van der Waals surface area contributed by atoms with Crippen LogP contribution in [0.3, 0.4) is 0 Å². The molecule has 0 aliphatic carbocycles. The van der Waals surface area contributed by atoms with Gasteiger partial charge in [0.05, 0.1) is 23.3 Å². The lowest BCUT2D eigenvalue weighted by Crippen LogP contribution is -2.38. The van der Waals surface area contributed by atoms with Crippen LogP contribution in [-0.2, 0) is 6.54 Å². The van der Waals surface area contributed by atoms with Crippen molar-refractivity contribution in [1.29, 1.82) is 0 Å². The van der Waals surface area contributed by atoms with Crippen molar-refractivity contribution in [3.8, 4) is 11.3 Å². The van der Waals surface area contributed by atoms with E-state index in [9.17, 15) is 0 Å². The molecule has 4 rings (SSSR count). The van der Waals surface area contributed by atoms with Crippen LogP contribution in [0.2, 0.25) is 5.02 Å². The highest BCUT2D eigenvalue weighted by Gasteiger charge is 2.22. The summed E-state index contributed by atoms with van der Waals surface area (Å²) in [4.78, 5) is 8.82. The number of H-pyrrole nitrogens is 1. The monoisotopic (exact) mass is 339 g/mol. The zero-order valence-corrected chi connectivity index (χ0v) is 14.2. The van der Waals surface area contributed by atoms with Crippen molar-refractivity contribution in [1.82, 2.24) is 15.2 Å². The summed E-state index contributed by atoms with van der Waals surface area (Å²) in [6.07, 6.45) is 5.52. The maximum atomic E-state index is 6.23. The lowest BCUT2D eigenvalue weighted by Gasteiger charge is -2.37. The second-order valence-corrected chi connectivity index (χ2v) is 6.42. The Morgan fingerprint density at radius 2 is 2.08 bits per heavy atom. The summed E-state index contributed by atoms with van der Waals surface area (Å²) in [7, 11) is 2.11. The van der Waals surface area contributed by atoms with Crippen LogP contribution in [0, 0.1) is 0 Å². The van der Waals surface area contributed by atoms with E-state index in [1.165, 1.54) is 5.69 Å². The molecule has 0 radical (unpaired) electrons. The van der Waals surface area contributed by atoms with Crippen molar-refractivity contribution in [2.75, 3.05) is 29.9 Å². The van der Waals surface area contributed by atoms with Crippen LogP contribution >= 0.6 is 11.6 Å². The number of rotatable bonds is 3. The Kier molecular flexibility index (Phi) is 3.86. The summed E-state index contributed by atoms with van der Waals surface area (Å²) in [5.74, 6) is 0. The van der Waals surface area contributed by atoms with Gasteiger partial charge in [0.15, 0.2) is 0 Å². The fourth-order valence-electron chi connectivity index (χ4n) is 3.15. The van der Waals surface area contributed by atoms with E-state index in [0.29, 0.717) is 0 Å². The van der Waals surface area contributed by atoms with Crippen LogP contribution < -0.4 is 9.80 Å². The van der Waals surface area contributed by atoms with Gasteiger partial charge >= 0.3 is 0 Å². The smallest absolute Gasteiger partial charge is 0.0715 e. The second kappa shape index (κ2) is 6.17. The van der Waals surface area contributed by atoms with Crippen LogP contribution in [0.1, 0.15) is 5.56 Å². The molecule has 3 aromatic rings. The highest BCUT2D eigenvalue weighted by molar-refractivity contribution is 6.31. The van der Waals surface area contributed by atoms with Crippen molar-refractivity contribution in [2.45, 2.75) is 6.54 Å².